The predicted octanol–water partition coefficient (Wildman–Crippen LogP) is 2.80. The lowest BCUT2D eigenvalue weighted by Gasteiger charge is -2.20. The van der Waals surface area contributed by atoms with E-state index in [1.165, 1.54) is 12.1 Å². The Labute approximate surface area is 163 Å². The van der Waals surface area contributed by atoms with Gasteiger partial charge in [-0.15, -0.1) is 0 Å². The summed E-state index contributed by atoms with van der Waals surface area (Å²) in [6.07, 6.45) is -0.848. The van der Waals surface area contributed by atoms with Crippen LogP contribution in [0.5, 0.6) is 5.75 Å². The average molecular weight is 386 g/mol. The smallest absolute Gasteiger partial charge is 0.315 e. The first-order valence-electron chi connectivity index (χ1n) is 9.37. The molecule has 2 saturated heterocycles. The van der Waals surface area contributed by atoms with Crippen LogP contribution >= 0.6 is 0 Å². The zero-order valence-electron chi connectivity index (χ0n) is 15.5. The van der Waals surface area contributed by atoms with E-state index in [1.54, 1.807) is 12.1 Å². The zero-order valence-corrected chi connectivity index (χ0v) is 15.5. The third-order valence-electron chi connectivity index (χ3n) is 5.07. The van der Waals surface area contributed by atoms with Crippen LogP contribution in [0.2, 0.25) is 0 Å². The average Bonchev–Trinajstić information content (AvgIpc) is 3.28. The molecule has 4 rings (SSSR count). The molecule has 0 radical (unpaired) electrons. The topological polar surface area (TPSA) is 68.8 Å². The number of ether oxygens (including phenoxy) is 3. The van der Waals surface area contributed by atoms with Gasteiger partial charge in [0.2, 0.25) is 0 Å². The van der Waals surface area contributed by atoms with Crippen LogP contribution in [0, 0.1) is 5.82 Å². The summed E-state index contributed by atoms with van der Waals surface area (Å²) < 4.78 is 30.6. The van der Waals surface area contributed by atoms with Gasteiger partial charge in [-0.3, -0.25) is 0 Å². The maximum absolute atomic E-state index is 13.0. The Bertz CT molecular complexity index is 802. The van der Waals surface area contributed by atoms with E-state index in [1.807, 2.05) is 37.3 Å². The van der Waals surface area contributed by atoms with E-state index < -0.39 is 0 Å². The molecular weight excluding hydrogens is 363 g/mol. The highest BCUT2D eigenvalue weighted by molar-refractivity contribution is 5.75. The van der Waals surface area contributed by atoms with Gasteiger partial charge in [-0.25, -0.2) is 9.18 Å². The molecule has 2 heterocycles. The Kier molecular flexibility index (Phi) is 5.45. The van der Waals surface area contributed by atoms with Crippen LogP contribution in [0.4, 0.5) is 9.18 Å². The van der Waals surface area contributed by atoms with Crippen molar-refractivity contribution < 1.29 is 23.4 Å². The highest BCUT2D eigenvalue weighted by atomic mass is 19.1. The highest BCUT2D eigenvalue weighted by Gasteiger charge is 2.49. The summed E-state index contributed by atoms with van der Waals surface area (Å²) >= 11 is 0. The number of carbonyl (C=O) groups excluding carboxylic acids is 1. The van der Waals surface area contributed by atoms with Gasteiger partial charge in [-0.1, -0.05) is 30.3 Å². The summed E-state index contributed by atoms with van der Waals surface area (Å²) in [5, 5.41) is 5.87. The van der Waals surface area contributed by atoms with E-state index in [0.29, 0.717) is 19.0 Å². The fourth-order valence-corrected chi connectivity index (χ4v) is 3.61. The molecule has 2 amide bonds. The van der Waals surface area contributed by atoms with Gasteiger partial charge in [-0.05, 0) is 36.8 Å². The van der Waals surface area contributed by atoms with Crippen molar-refractivity contribution in [1.29, 1.82) is 0 Å². The SMILES string of the molecule is C[C@@H](NC(=O)N[C@H]1CO[C@H]2[C@@H]1OC[C@@H]2Oc1ccc(F)cc1)c1ccccc1. The van der Waals surface area contributed by atoms with Crippen molar-refractivity contribution in [3.63, 3.8) is 0 Å². The number of hydrogen-bond acceptors (Lipinski definition) is 4. The summed E-state index contributed by atoms with van der Waals surface area (Å²) in [6, 6.07) is 15.0. The van der Waals surface area contributed by atoms with Crippen molar-refractivity contribution in [3.05, 3.63) is 66.0 Å². The largest absolute Gasteiger partial charge is 0.485 e. The van der Waals surface area contributed by atoms with Crippen LogP contribution in [0.15, 0.2) is 54.6 Å². The number of carbonyl (C=O) groups is 1. The molecule has 7 heteroatoms. The Hall–Kier alpha value is -2.64. The summed E-state index contributed by atoms with van der Waals surface area (Å²) in [6.45, 7) is 2.64. The minimum absolute atomic E-state index is 0.113. The minimum Gasteiger partial charge on any atom is -0.485 e. The second-order valence-corrected chi connectivity index (χ2v) is 7.06. The second kappa shape index (κ2) is 8.16. The monoisotopic (exact) mass is 386 g/mol. The molecule has 0 saturated carbocycles. The van der Waals surface area contributed by atoms with Crippen molar-refractivity contribution in [2.45, 2.75) is 37.3 Å². The van der Waals surface area contributed by atoms with E-state index in [-0.39, 0.29) is 42.2 Å². The predicted molar refractivity (Wildman–Crippen MR) is 101 cm³/mol. The number of fused-ring (bicyclic) bond motifs is 1. The lowest BCUT2D eigenvalue weighted by molar-refractivity contribution is 0.0303. The van der Waals surface area contributed by atoms with Crippen LogP contribution in [-0.4, -0.2) is 43.6 Å². The normalized spacial score (nSPS) is 27.1. The van der Waals surface area contributed by atoms with Crippen LogP contribution in [-0.2, 0) is 9.47 Å². The molecule has 2 N–H and O–H groups in total. The molecule has 0 unspecified atom stereocenters. The second-order valence-electron chi connectivity index (χ2n) is 7.06. The summed E-state index contributed by atoms with van der Waals surface area (Å²) in [5.74, 6) is 0.245. The minimum atomic E-state index is -0.315. The van der Waals surface area contributed by atoms with E-state index in [4.69, 9.17) is 14.2 Å². The first kappa shape index (κ1) is 18.7. The van der Waals surface area contributed by atoms with Crippen LogP contribution in [0.1, 0.15) is 18.5 Å². The number of halogens is 1. The number of benzene rings is 2. The summed E-state index contributed by atoms with van der Waals surface area (Å²) in [4.78, 5) is 12.4. The van der Waals surface area contributed by atoms with E-state index in [9.17, 15) is 9.18 Å². The number of amides is 2. The third kappa shape index (κ3) is 4.10. The van der Waals surface area contributed by atoms with E-state index in [2.05, 4.69) is 10.6 Å². The molecule has 6 nitrogen and oxygen atoms in total. The third-order valence-corrected chi connectivity index (χ3v) is 5.07. The molecule has 2 aliphatic heterocycles. The fourth-order valence-electron chi connectivity index (χ4n) is 3.61. The lowest BCUT2D eigenvalue weighted by atomic mass is 10.1. The van der Waals surface area contributed by atoms with Gasteiger partial charge < -0.3 is 24.8 Å². The molecule has 5 atom stereocenters. The molecule has 0 bridgehead atoms. The van der Waals surface area contributed by atoms with Crippen LogP contribution in [0.25, 0.3) is 0 Å². The molecule has 148 valence electrons. The number of rotatable bonds is 5. The van der Waals surface area contributed by atoms with Gasteiger partial charge in [0.15, 0.2) is 6.10 Å². The number of nitrogens with one attached hydrogen (secondary N) is 2. The van der Waals surface area contributed by atoms with Crippen molar-refractivity contribution >= 4 is 6.03 Å². The van der Waals surface area contributed by atoms with Crippen molar-refractivity contribution in [1.82, 2.24) is 10.6 Å². The first-order valence-corrected chi connectivity index (χ1v) is 9.37. The van der Waals surface area contributed by atoms with Gasteiger partial charge in [0.25, 0.3) is 0 Å². The first-order chi connectivity index (χ1) is 13.6. The lowest BCUT2D eigenvalue weighted by Crippen LogP contribution is -2.48. The Morgan fingerprint density at radius 3 is 2.54 bits per heavy atom. The van der Waals surface area contributed by atoms with E-state index >= 15 is 0 Å². The molecule has 2 aromatic carbocycles. The van der Waals surface area contributed by atoms with Gasteiger partial charge in [0, 0.05) is 0 Å². The maximum atomic E-state index is 13.0. The summed E-state index contributed by atoms with van der Waals surface area (Å²) in [5.41, 5.74) is 1.03. The van der Waals surface area contributed by atoms with Crippen molar-refractivity contribution in [2.24, 2.45) is 0 Å². The van der Waals surface area contributed by atoms with Crippen LogP contribution < -0.4 is 15.4 Å². The Balaban J connectivity index is 1.30. The van der Waals surface area contributed by atoms with Gasteiger partial charge in [0.05, 0.1) is 25.3 Å². The standard InChI is InChI=1S/C21H23FN2O4/c1-13(14-5-3-2-4-6-14)23-21(25)24-17-11-26-20-18(12-27-19(17)20)28-16-9-7-15(22)8-10-16/h2-10,13,17-20H,11-12H2,1H3,(H2,23,24,25)/t13-,17+,18+,19-,20-/m1/s1. The van der Waals surface area contributed by atoms with E-state index in [0.717, 1.165) is 5.56 Å². The fraction of sp³-hybridized carbons (Fsp3) is 0.381. The van der Waals surface area contributed by atoms with Crippen LogP contribution in [0.3, 0.4) is 0 Å². The molecule has 0 aromatic heterocycles. The van der Waals surface area contributed by atoms with Gasteiger partial charge >= 0.3 is 6.03 Å². The summed E-state index contributed by atoms with van der Waals surface area (Å²) in [7, 11) is 0. The Morgan fingerprint density at radius 2 is 1.79 bits per heavy atom. The number of hydrogen-bond donors (Lipinski definition) is 2. The highest BCUT2D eigenvalue weighted by Crippen LogP contribution is 2.30. The number of urea groups is 1. The molecule has 2 aromatic rings. The quantitative estimate of drug-likeness (QED) is 0.829. The molecule has 0 spiro atoms. The maximum Gasteiger partial charge on any atom is 0.315 e. The van der Waals surface area contributed by atoms with Crippen molar-refractivity contribution in [2.75, 3.05) is 13.2 Å². The molecule has 2 aliphatic rings. The molecule has 2 fully saturated rings. The van der Waals surface area contributed by atoms with Gasteiger partial charge in [-0.2, -0.15) is 0 Å². The molecule has 28 heavy (non-hydrogen) atoms. The van der Waals surface area contributed by atoms with Gasteiger partial charge in [0.1, 0.15) is 23.8 Å². The molecule has 0 aliphatic carbocycles. The zero-order chi connectivity index (χ0) is 19.5. The molecular formula is C21H23FN2O4. The van der Waals surface area contributed by atoms with Crippen molar-refractivity contribution in [3.8, 4) is 5.75 Å². The Morgan fingerprint density at radius 1 is 1.07 bits per heavy atom.